The number of halogens is 2. The number of rotatable bonds is 4. The van der Waals surface area contributed by atoms with E-state index in [2.05, 4.69) is 33.5 Å². The third-order valence-corrected chi connectivity index (χ3v) is 4.89. The van der Waals surface area contributed by atoms with Crippen molar-refractivity contribution in [2.75, 3.05) is 0 Å². The van der Waals surface area contributed by atoms with Crippen molar-refractivity contribution in [1.82, 2.24) is 5.43 Å². The van der Waals surface area contributed by atoms with E-state index < -0.39 is 0 Å². The second-order valence-corrected chi connectivity index (χ2v) is 6.40. The summed E-state index contributed by atoms with van der Waals surface area (Å²) < 4.78 is 14.8. The van der Waals surface area contributed by atoms with Crippen molar-refractivity contribution in [2.45, 2.75) is 31.2 Å². The Morgan fingerprint density at radius 2 is 1.95 bits per heavy atom. The van der Waals surface area contributed by atoms with E-state index >= 15 is 0 Å². The van der Waals surface area contributed by atoms with E-state index in [9.17, 15) is 4.39 Å². The van der Waals surface area contributed by atoms with Gasteiger partial charge < -0.3 is 0 Å². The van der Waals surface area contributed by atoms with Crippen LogP contribution in [0.25, 0.3) is 0 Å². The van der Waals surface area contributed by atoms with Crippen molar-refractivity contribution in [2.24, 2.45) is 5.84 Å². The monoisotopic (exact) mass is 348 g/mol. The van der Waals surface area contributed by atoms with Crippen molar-refractivity contribution >= 4 is 15.9 Å². The molecule has 1 fully saturated rings. The Morgan fingerprint density at radius 1 is 1.19 bits per heavy atom. The summed E-state index contributed by atoms with van der Waals surface area (Å²) in [4.78, 5) is 0. The highest BCUT2D eigenvalue weighted by Crippen LogP contribution is 2.37. The lowest BCUT2D eigenvalue weighted by Gasteiger charge is -2.27. The lowest BCUT2D eigenvalue weighted by atomic mass is 9.79. The lowest BCUT2D eigenvalue weighted by molar-refractivity contribution is 0.419. The van der Waals surface area contributed by atoms with Crippen LogP contribution in [-0.2, 0) is 0 Å². The fourth-order valence-electron chi connectivity index (χ4n) is 2.84. The predicted octanol–water partition coefficient (Wildman–Crippen LogP) is 4.41. The molecular formula is C17H18BrFN2. The van der Waals surface area contributed by atoms with E-state index in [1.165, 1.54) is 24.8 Å². The fraction of sp³-hybridized carbons (Fsp3) is 0.294. The van der Waals surface area contributed by atoms with E-state index in [4.69, 9.17) is 5.84 Å². The van der Waals surface area contributed by atoms with Gasteiger partial charge in [-0.15, -0.1) is 0 Å². The summed E-state index contributed by atoms with van der Waals surface area (Å²) in [7, 11) is 0. The maximum absolute atomic E-state index is 14.3. The molecule has 0 saturated heterocycles. The predicted molar refractivity (Wildman–Crippen MR) is 86.3 cm³/mol. The number of hydrogen-bond acceptors (Lipinski definition) is 2. The van der Waals surface area contributed by atoms with Crippen LogP contribution in [0.15, 0.2) is 46.9 Å². The Morgan fingerprint density at radius 3 is 2.62 bits per heavy atom. The molecule has 3 N–H and O–H groups in total. The molecule has 0 amide bonds. The first-order valence-electron chi connectivity index (χ1n) is 7.20. The van der Waals surface area contributed by atoms with E-state index in [1.54, 1.807) is 12.1 Å². The van der Waals surface area contributed by atoms with Gasteiger partial charge in [-0.05, 0) is 51.9 Å². The fourth-order valence-corrected chi connectivity index (χ4v) is 3.22. The molecule has 2 nitrogen and oxygen atoms in total. The van der Waals surface area contributed by atoms with Gasteiger partial charge in [-0.1, -0.05) is 42.8 Å². The van der Waals surface area contributed by atoms with Crippen LogP contribution in [0.4, 0.5) is 4.39 Å². The summed E-state index contributed by atoms with van der Waals surface area (Å²) in [5.41, 5.74) is 5.62. The first-order valence-corrected chi connectivity index (χ1v) is 8.00. The zero-order valence-corrected chi connectivity index (χ0v) is 13.2. The molecule has 110 valence electrons. The van der Waals surface area contributed by atoms with Gasteiger partial charge >= 0.3 is 0 Å². The highest BCUT2D eigenvalue weighted by atomic mass is 79.9. The van der Waals surface area contributed by atoms with E-state index in [-0.39, 0.29) is 11.9 Å². The van der Waals surface area contributed by atoms with E-state index in [0.29, 0.717) is 16.0 Å². The Balaban J connectivity index is 1.97. The number of benzene rings is 2. The van der Waals surface area contributed by atoms with Gasteiger partial charge in [-0.3, -0.25) is 5.84 Å². The summed E-state index contributed by atoms with van der Waals surface area (Å²) in [6, 6.07) is 13.3. The Kier molecular flexibility index (Phi) is 4.38. The number of hydrazine groups is 1. The third-order valence-electron chi connectivity index (χ3n) is 4.28. The highest BCUT2D eigenvalue weighted by molar-refractivity contribution is 9.10. The molecular weight excluding hydrogens is 331 g/mol. The van der Waals surface area contributed by atoms with Gasteiger partial charge in [0.05, 0.1) is 10.5 Å². The van der Waals surface area contributed by atoms with Crippen molar-refractivity contribution in [3.63, 3.8) is 0 Å². The van der Waals surface area contributed by atoms with Crippen molar-refractivity contribution in [3.05, 3.63) is 69.4 Å². The molecule has 0 spiro atoms. The minimum atomic E-state index is -0.345. The maximum Gasteiger partial charge on any atom is 0.142 e. The molecule has 0 aromatic heterocycles. The van der Waals surface area contributed by atoms with Gasteiger partial charge in [0.25, 0.3) is 0 Å². The molecule has 21 heavy (non-hydrogen) atoms. The smallest absolute Gasteiger partial charge is 0.142 e. The summed E-state index contributed by atoms with van der Waals surface area (Å²) >= 11 is 3.23. The molecule has 0 bridgehead atoms. The van der Waals surface area contributed by atoms with Gasteiger partial charge in [0.2, 0.25) is 0 Å². The van der Waals surface area contributed by atoms with Crippen molar-refractivity contribution in [1.29, 1.82) is 0 Å². The van der Waals surface area contributed by atoms with E-state index in [0.717, 1.165) is 5.56 Å². The molecule has 0 heterocycles. The van der Waals surface area contributed by atoms with Crippen LogP contribution >= 0.6 is 15.9 Å². The number of nitrogens with two attached hydrogens (primary N) is 1. The van der Waals surface area contributed by atoms with Gasteiger partial charge in [-0.25, -0.2) is 9.82 Å². The molecule has 1 atom stereocenters. The average Bonchev–Trinajstić information content (AvgIpc) is 2.43. The Bertz CT molecular complexity index is 640. The van der Waals surface area contributed by atoms with Crippen LogP contribution < -0.4 is 11.3 Å². The van der Waals surface area contributed by atoms with Gasteiger partial charge in [0, 0.05) is 5.56 Å². The topological polar surface area (TPSA) is 38.0 Å². The maximum atomic E-state index is 14.3. The number of hydrogen-bond donors (Lipinski definition) is 2. The minimum Gasteiger partial charge on any atom is -0.271 e. The third kappa shape index (κ3) is 2.89. The molecule has 4 heteroatoms. The lowest BCUT2D eigenvalue weighted by Crippen LogP contribution is -2.29. The summed E-state index contributed by atoms with van der Waals surface area (Å²) in [6.07, 6.45) is 3.79. The molecule has 0 aliphatic heterocycles. The second-order valence-electron chi connectivity index (χ2n) is 5.54. The van der Waals surface area contributed by atoms with Crippen LogP contribution in [-0.4, -0.2) is 0 Å². The summed E-state index contributed by atoms with van der Waals surface area (Å²) in [6.45, 7) is 0. The largest absolute Gasteiger partial charge is 0.271 e. The van der Waals surface area contributed by atoms with Crippen LogP contribution in [0.1, 0.15) is 47.9 Å². The number of nitrogens with one attached hydrogen (secondary N) is 1. The molecule has 1 aliphatic rings. The Labute approximate surface area is 132 Å². The van der Waals surface area contributed by atoms with Crippen LogP contribution in [0.2, 0.25) is 0 Å². The average molecular weight is 349 g/mol. The summed E-state index contributed by atoms with van der Waals surface area (Å²) in [5.74, 6) is 6.08. The normalized spacial score (nSPS) is 16.5. The molecule has 3 rings (SSSR count). The molecule has 1 saturated carbocycles. The first kappa shape index (κ1) is 14.7. The molecule has 1 unspecified atom stereocenters. The first-order chi connectivity index (χ1) is 10.2. The van der Waals surface area contributed by atoms with Gasteiger partial charge in [-0.2, -0.15) is 0 Å². The van der Waals surface area contributed by atoms with Gasteiger partial charge in [0.15, 0.2) is 0 Å². The molecule has 0 radical (unpaired) electrons. The zero-order chi connectivity index (χ0) is 14.8. The quantitative estimate of drug-likeness (QED) is 0.634. The van der Waals surface area contributed by atoms with Gasteiger partial charge in [0.1, 0.15) is 5.82 Å². The molecule has 2 aromatic carbocycles. The van der Waals surface area contributed by atoms with Crippen molar-refractivity contribution in [3.8, 4) is 0 Å². The minimum absolute atomic E-state index is 0.269. The van der Waals surface area contributed by atoms with Crippen molar-refractivity contribution < 1.29 is 4.39 Å². The second kappa shape index (κ2) is 6.26. The van der Waals surface area contributed by atoms with Crippen LogP contribution in [0.3, 0.4) is 0 Å². The standard InChI is InChI=1S/C17H18BrFN2/c18-15-9-3-8-14(16(15)19)17(21-20)13-7-2-6-12(10-13)11-4-1-5-11/h2-3,6-11,17,21H,1,4-5,20H2. The molecule has 1 aliphatic carbocycles. The summed E-state index contributed by atoms with van der Waals surface area (Å²) in [5, 5.41) is 0. The molecule has 2 aromatic rings. The Hall–Kier alpha value is -1.23. The van der Waals surface area contributed by atoms with Crippen LogP contribution in [0.5, 0.6) is 0 Å². The van der Waals surface area contributed by atoms with Crippen LogP contribution in [0, 0.1) is 5.82 Å². The zero-order valence-electron chi connectivity index (χ0n) is 11.7. The SMILES string of the molecule is NNC(c1cccc(C2CCC2)c1)c1cccc(Br)c1F. The van der Waals surface area contributed by atoms with E-state index in [1.807, 2.05) is 18.2 Å². The highest BCUT2D eigenvalue weighted by Gasteiger charge is 2.22.